The van der Waals surface area contributed by atoms with Crippen LogP contribution in [0.1, 0.15) is 13.3 Å². The second kappa shape index (κ2) is 4.78. The van der Waals surface area contributed by atoms with Crippen molar-refractivity contribution in [1.82, 2.24) is 0 Å². The predicted molar refractivity (Wildman–Crippen MR) is 39.3 cm³/mol. The Morgan fingerprint density at radius 3 is 2.00 bits per heavy atom. The van der Waals surface area contributed by atoms with Crippen LogP contribution in [0, 0.1) is 0 Å². The van der Waals surface area contributed by atoms with Gasteiger partial charge in [0.1, 0.15) is 0 Å². The summed E-state index contributed by atoms with van der Waals surface area (Å²) in [5, 5.41) is 6.25. The molecule has 0 saturated carbocycles. The van der Waals surface area contributed by atoms with E-state index in [0.717, 1.165) is 0 Å². The maximum atomic E-state index is 10.3. The van der Waals surface area contributed by atoms with Gasteiger partial charge in [-0.25, -0.2) is 13.2 Å². The fraction of sp³-hybridized carbons (Fsp3) is 0.750. The van der Waals surface area contributed by atoms with E-state index in [1.165, 1.54) is 0 Å². The zero-order valence-electron chi connectivity index (χ0n) is 4.99. The molecule has 0 saturated heterocycles. The molecule has 0 radical (unpaired) electrons. The Morgan fingerprint density at radius 1 is 1.50 bits per heavy atom. The quantitative estimate of drug-likeness (QED) is 0.570. The zero-order valence-corrected chi connectivity index (χ0v) is 5.81. The van der Waals surface area contributed by atoms with E-state index >= 15 is 0 Å². The summed E-state index contributed by atoms with van der Waals surface area (Å²) >= 11 is 0. The summed E-state index contributed by atoms with van der Waals surface area (Å²) in [6.45, 7) is 1.61. The van der Waals surface area contributed by atoms with Crippen molar-refractivity contribution in [3.63, 3.8) is 0 Å². The first-order valence-electron chi connectivity index (χ1n) is 2.46. The average Bonchev–Trinajstić information content (AvgIpc) is 1.65. The Labute approximate surface area is 71.7 Å². The van der Waals surface area contributed by atoms with Gasteiger partial charge in [-0.15, -0.1) is 0 Å². The van der Waals surface area contributed by atoms with Gasteiger partial charge in [0.05, 0.1) is 5.75 Å². The Bertz CT molecular complexity index is 195. The molecular formula is C4H9LiO4S. The third kappa shape index (κ3) is 3.93. The van der Waals surface area contributed by atoms with Crippen LogP contribution in [0.2, 0.25) is 0 Å². The number of carbonyl (C=O) groups is 1. The van der Waals surface area contributed by atoms with Crippen LogP contribution in [-0.2, 0) is 9.84 Å². The van der Waals surface area contributed by atoms with Crippen LogP contribution in [0.25, 0.3) is 0 Å². The van der Waals surface area contributed by atoms with Gasteiger partial charge in [-0.1, -0.05) is 6.92 Å². The summed E-state index contributed by atoms with van der Waals surface area (Å²) in [5.41, 5.74) is 0. The fourth-order valence-corrected chi connectivity index (χ4v) is 1.07. The van der Waals surface area contributed by atoms with Gasteiger partial charge in [0.15, 0.2) is 0 Å². The van der Waals surface area contributed by atoms with E-state index < -0.39 is 15.1 Å². The summed E-state index contributed by atoms with van der Waals surface area (Å²) in [4.78, 5) is 9.82. The van der Waals surface area contributed by atoms with Crippen molar-refractivity contribution in [2.45, 2.75) is 13.3 Å². The van der Waals surface area contributed by atoms with Crippen molar-refractivity contribution in [1.29, 1.82) is 0 Å². The van der Waals surface area contributed by atoms with Crippen LogP contribution in [0.3, 0.4) is 0 Å². The fourth-order valence-electron chi connectivity index (χ4n) is 0.356. The Morgan fingerprint density at radius 2 is 1.90 bits per heavy atom. The molecular weight excluding hydrogens is 151 g/mol. The number of hydrogen-bond donors (Lipinski definition) is 1. The predicted octanol–water partition coefficient (Wildman–Crippen LogP) is -0.159. The Hall–Kier alpha value is 0.0174. The monoisotopic (exact) mass is 160 g/mol. The summed E-state index contributed by atoms with van der Waals surface area (Å²) < 4.78 is 20.7. The van der Waals surface area contributed by atoms with Gasteiger partial charge in [0, 0.05) is 0 Å². The van der Waals surface area contributed by atoms with Gasteiger partial charge < -0.3 is 5.11 Å². The Kier molecular flexibility index (Phi) is 6.05. The molecule has 0 aliphatic rings. The average molecular weight is 160 g/mol. The van der Waals surface area contributed by atoms with Crippen LogP contribution < -0.4 is 0 Å². The normalized spacial score (nSPS) is 10.1. The topological polar surface area (TPSA) is 71.4 Å². The number of hydrogen-bond acceptors (Lipinski definition) is 3. The number of sulfone groups is 1. The number of carboxylic acid groups (broad SMARTS) is 1. The van der Waals surface area contributed by atoms with Crippen molar-refractivity contribution >= 4 is 34.0 Å². The van der Waals surface area contributed by atoms with Crippen LogP contribution >= 0.6 is 0 Å². The second-order valence-corrected chi connectivity index (χ2v) is 3.57. The second-order valence-electron chi connectivity index (χ2n) is 1.58. The van der Waals surface area contributed by atoms with E-state index in [4.69, 9.17) is 5.11 Å². The minimum absolute atomic E-state index is 0. The molecule has 0 aliphatic carbocycles. The van der Waals surface area contributed by atoms with Gasteiger partial charge in [0.2, 0.25) is 9.84 Å². The molecule has 0 rings (SSSR count). The van der Waals surface area contributed by atoms with Crippen molar-refractivity contribution in [3.05, 3.63) is 0 Å². The maximum absolute atomic E-state index is 10.3. The molecule has 0 aromatic carbocycles. The molecule has 0 heterocycles. The van der Waals surface area contributed by atoms with Crippen molar-refractivity contribution in [3.8, 4) is 0 Å². The molecule has 0 fully saturated rings. The molecule has 4 nitrogen and oxygen atoms in total. The van der Waals surface area contributed by atoms with E-state index in [1.807, 2.05) is 0 Å². The van der Waals surface area contributed by atoms with E-state index in [2.05, 4.69) is 0 Å². The van der Waals surface area contributed by atoms with Crippen LogP contribution in [-0.4, -0.2) is 43.4 Å². The minimum atomic E-state index is -3.83. The molecule has 1 N–H and O–H groups in total. The van der Waals surface area contributed by atoms with Crippen molar-refractivity contribution in [2.24, 2.45) is 0 Å². The number of rotatable bonds is 2. The molecule has 0 atom stereocenters. The summed E-state index contributed by atoms with van der Waals surface area (Å²) in [6, 6.07) is 0. The van der Waals surface area contributed by atoms with Gasteiger partial charge in [-0.2, -0.15) is 0 Å². The van der Waals surface area contributed by atoms with Gasteiger partial charge in [-0.05, 0) is 6.42 Å². The third-order valence-corrected chi connectivity index (χ3v) is 2.22. The van der Waals surface area contributed by atoms with E-state index in [9.17, 15) is 13.2 Å². The summed E-state index contributed by atoms with van der Waals surface area (Å²) in [6.07, 6.45) is 0.342. The molecule has 0 aromatic heterocycles. The molecule has 0 amide bonds. The molecule has 0 aliphatic heterocycles. The summed E-state index contributed by atoms with van der Waals surface area (Å²) in [7, 11) is -3.83. The standard InChI is InChI=1S/C4H8O4S.Li.H/c1-2-3-9(7,8)4(5)6;;/h2-3H2,1H3,(H,5,6);;. The molecule has 0 aromatic rings. The van der Waals surface area contributed by atoms with Crippen LogP contribution in [0.15, 0.2) is 0 Å². The first kappa shape index (κ1) is 12.7. The zero-order chi connectivity index (χ0) is 7.49. The van der Waals surface area contributed by atoms with Gasteiger partial charge in [-0.3, -0.25) is 0 Å². The SMILES string of the molecule is CCCS(=O)(=O)C(=O)O.[LiH]. The molecule has 6 heteroatoms. The van der Waals surface area contributed by atoms with Crippen molar-refractivity contribution < 1.29 is 18.3 Å². The van der Waals surface area contributed by atoms with Gasteiger partial charge in [0.25, 0.3) is 0 Å². The first-order chi connectivity index (χ1) is 4.00. The molecule has 10 heavy (non-hydrogen) atoms. The Balaban J connectivity index is 0. The van der Waals surface area contributed by atoms with E-state index in [1.54, 1.807) is 6.92 Å². The molecule has 0 unspecified atom stereocenters. The van der Waals surface area contributed by atoms with Crippen LogP contribution in [0.5, 0.6) is 0 Å². The van der Waals surface area contributed by atoms with E-state index in [-0.39, 0.29) is 24.6 Å². The molecule has 56 valence electrons. The first-order valence-corrected chi connectivity index (χ1v) is 4.11. The third-order valence-electron chi connectivity index (χ3n) is 0.739. The van der Waals surface area contributed by atoms with Crippen molar-refractivity contribution in [2.75, 3.05) is 5.75 Å². The van der Waals surface area contributed by atoms with Gasteiger partial charge >= 0.3 is 24.2 Å². The van der Waals surface area contributed by atoms with E-state index in [0.29, 0.717) is 6.42 Å². The molecule has 0 bridgehead atoms. The molecule has 0 spiro atoms. The van der Waals surface area contributed by atoms with Crippen LogP contribution in [0.4, 0.5) is 4.79 Å². The summed E-state index contributed by atoms with van der Waals surface area (Å²) in [5.74, 6) is -0.275.